The summed E-state index contributed by atoms with van der Waals surface area (Å²) in [5, 5.41) is 0. The molecule has 2 aliphatic rings. The number of carbonyl (C=O) groups excluding carboxylic acids is 1. The molecule has 1 aromatic carbocycles. The molecule has 1 aromatic rings. The highest BCUT2D eigenvalue weighted by Gasteiger charge is 2.28. The van der Waals surface area contributed by atoms with Crippen LogP contribution in [0.1, 0.15) is 36.1 Å². The molecular formula is C20H30N2O3. The van der Waals surface area contributed by atoms with Gasteiger partial charge in [0.15, 0.2) is 0 Å². The molecule has 138 valence electrons. The summed E-state index contributed by atoms with van der Waals surface area (Å²) in [5.74, 6) is 0.241. The molecule has 2 atom stereocenters. The lowest BCUT2D eigenvalue weighted by Crippen LogP contribution is -2.47. The predicted molar refractivity (Wildman–Crippen MR) is 97.7 cm³/mol. The van der Waals surface area contributed by atoms with Gasteiger partial charge in [0.2, 0.25) is 5.91 Å². The standard InChI is InChI=1S/C20H30N2O3/c1-15-4-5-16(2)18(12-15)19-13-22(17(3)14-25-19)7-6-20(23)21-8-10-24-11-9-21/h4-5,12,17,19H,6-11,13-14H2,1-3H3/t17-,19-/m0/s1. The van der Waals surface area contributed by atoms with Gasteiger partial charge in [0, 0.05) is 38.6 Å². The molecule has 5 nitrogen and oxygen atoms in total. The molecule has 0 unspecified atom stereocenters. The molecule has 2 aliphatic heterocycles. The number of nitrogens with zero attached hydrogens (tertiary/aromatic N) is 2. The lowest BCUT2D eigenvalue weighted by molar-refractivity contribution is -0.136. The van der Waals surface area contributed by atoms with Gasteiger partial charge in [-0.1, -0.05) is 23.8 Å². The van der Waals surface area contributed by atoms with E-state index in [1.807, 2.05) is 4.90 Å². The van der Waals surface area contributed by atoms with Crippen molar-refractivity contribution in [2.24, 2.45) is 0 Å². The highest BCUT2D eigenvalue weighted by Crippen LogP contribution is 2.28. The largest absolute Gasteiger partial charge is 0.378 e. The Morgan fingerprint density at radius 1 is 1.24 bits per heavy atom. The van der Waals surface area contributed by atoms with Gasteiger partial charge in [0.1, 0.15) is 0 Å². The van der Waals surface area contributed by atoms with Crippen molar-refractivity contribution in [2.45, 2.75) is 39.3 Å². The number of hydrogen-bond acceptors (Lipinski definition) is 4. The molecule has 2 saturated heterocycles. The van der Waals surface area contributed by atoms with Crippen molar-refractivity contribution in [2.75, 3.05) is 46.0 Å². The monoisotopic (exact) mass is 346 g/mol. The summed E-state index contributed by atoms with van der Waals surface area (Å²) in [5.41, 5.74) is 3.81. The summed E-state index contributed by atoms with van der Waals surface area (Å²) in [6.07, 6.45) is 0.665. The van der Waals surface area contributed by atoms with E-state index in [9.17, 15) is 4.79 Å². The van der Waals surface area contributed by atoms with Gasteiger partial charge >= 0.3 is 0 Å². The second-order valence-electron chi connectivity index (χ2n) is 7.27. The zero-order chi connectivity index (χ0) is 17.8. The van der Waals surface area contributed by atoms with Crippen molar-refractivity contribution in [1.29, 1.82) is 0 Å². The van der Waals surface area contributed by atoms with E-state index >= 15 is 0 Å². The van der Waals surface area contributed by atoms with E-state index in [-0.39, 0.29) is 12.0 Å². The number of ether oxygens (including phenoxy) is 2. The number of morpholine rings is 2. The average Bonchev–Trinajstić information content (AvgIpc) is 2.63. The maximum Gasteiger partial charge on any atom is 0.224 e. The summed E-state index contributed by atoms with van der Waals surface area (Å²) in [7, 11) is 0. The summed E-state index contributed by atoms with van der Waals surface area (Å²) < 4.78 is 11.4. The molecule has 0 radical (unpaired) electrons. The Labute approximate surface area is 150 Å². The van der Waals surface area contributed by atoms with E-state index in [0.29, 0.717) is 32.3 Å². The maximum atomic E-state index is 12.4. The fourth-order valence-electron chi connectivity index (χ4n) is 3.62. The number of hydrogen-bond donors (Lipinski definition) is 0. The summed E-state index contributed by atoms with van der Waals surface area (Å²) in [6.45, 7) is 11.6. The van der Waals surface area contributed by atoms with E-state index < -0.39 is 0 Å². The van der Waals surface area contributed by atoms with Crippen LogP contribution in [0.3, 0.4) is 0 Å². The van der Waals surface area contributed by atoms with Crippen LogP contribution in [0.25, 0.3) is 0 Å². The molecule has 1 amide bonds. The Morgan fingerprint density at radius 3 is 2.76 bits per heavy atom. The summed E-state index contributed by atoms with van der Waals surface area (Å²) in [6, 6.07) is 6.88. The first kappa shape index (κ1) is 18.4. The molecule has 0 saturated carbocycles. The SMILES string of the molecule is Cc1ccc(C)c([C@@H]2CN(CCC(=O)N3CCOCC3)[C@@H](C)CO2)c1. The van der Waals surface area contributed by atoms with Gasteiger partial charge < -0.3 is 14.4 Å². The van der Waals surface area contributed by atoms with E-state index in [2.05, 4.69) is 43.9 Å². The molecule has 5 heteroatoms. The second-order valence-corrected chi connectivity index (χ2v) is 7.27. The Hall–Kier alpha value is -1.43. The normalized spacial score (nSPS) is 25.2. The minimum atomic E-state index is 0.0922. The maximum absolute atomic E-state index is 12.4. The third kappa shape index (κ3) is 4.60. The third-order valence-electron chi connectivity index (χ3n) is 5.32. The van der Waals surface area contributed by atoms with E-state index in [4.69, 9.17) is 9.47 Å². The minimum absolute atomic E-state index is 0.0922. The van der Waals surface area contributed by atoms with Gasteiger partial charge in [0.05, 0.1) is 25.9 Å². The van der Waals surface area contributed by atoms with Crippen LogP contribution in [0.4, 0.5) is 0 Å². The fourth-order valence-corrected chi connectivity index (χ4v) is 3.62. The van der Waals surface area contributed by atoms with Gasteiger partial charge in [-0.05, 0) is 31.9 Å². The van der Waals surface area contributed by atoms with Crippen LogP contribution in [0.5, 0.6) is 0 Å². The first-order chi connectivity index (χ1) is 12.0. The number of carbonyl (C=O) groups is 1. The Kier molecular flexibility index (Phi) is 6.10. The predicted octanol–water partition coefficient (Wildman–Crippen LogP) is 2.31. The first-order valence-electron chi connectivity index (χ1n) is 9.33. The highest BCUT2D eigenvalue weighted by molar-refractivity contribution is 5.76. The van der Waals surface area contributed by atoms with Crippen LogP contribution in [0, 0.1) is 13.8 Å². The van der Waals surface area contributed by atoms with Crippen molar-refractivity contribution in [3.05, 3.63) is 34.9 Å². The molecule has 25 heavy (non-hydrogen) atoms. The molecule has 2 fully saturated rings. The Morgan fingerprint density at radius 2 is 2.00 bits per heavy atom. The van der Waals surface area contributed by atoms with E-state index in [0.717, 1.165) is 26.2 Å². The summed E-state index contributed by atoms with van der Waals surface area (Å²) in [4.78, 5) is 16.7. The van der Waals surface area contributed by atoms with Crippen molar-refractivity contribution < 1.29 is 14.3 Å². The van der Waals surface area contributed by atoms with E-state index in [1.54, 1.807) is 0 Å². The molecule has 0 bridgehead atoms. The van der Waals surface area contributed by atoms with Crippen LogP contribution in [0.15, 0.2) is 18.2 Å². The second kappa shape index (κ2) is 8.30. The topological polar surface area (TPSA) is 42.0 Å². The lowest BCUT2D eigenvalue weighted by Gasteiger charge is -2.39. The molecule has 0 aliphatic carbocycles. The lowest BCUT2D eigenvalue weighted by atomic mass is 9.98. The molecule has 0 N–H and O–H groups in total. The fraction of sp³-hybridized carbons (Fsp3) is 0.650. The van der Waals surface area contributed by atoms with Gasteiger partial charge in [-0.2, -0.15) is 0 Å². The van der Waals surface area contributed by atoms with Crippen molar-refractivity contribution in [3.63, 3.8) is 0 Å². The minimum Gasteiger partial charge on any atom is -0.378 e. The first-order valence-corrected chi connectivity index (χ1v) is 9.33. The number of rotatable bonds is 4. The molecule has 3 rings (SSSR count). The number of amides is 1. The molecule has 2 heterocycles. The molecule has 0 aromatic heterocycles. The van der Waals surface area contributed by atoms with Crippen molar-refractivity contribution >= 4 is 5.91 Å². The van der Waals surface area contributed by atoms with Crippen LogP contribution in [-0.4, -0.2) is 67.7 Å². The average molecular weight is 346 g/mol. The van der Waals surface area contributed by atoms with Crippen molar-refractivity contribution in [3.8, 4) is 0 Å². The number of aryl methyl sites for hydroxylation is 2. The van der Waals surface area contributed by atoms with Gasteiger partial charge in [-0.3, -0.25) is 9.69 Å². The molecule has 0 spiro atoms. The smallest absolute Gasteiger partial charge is 0.224 e. The van der Waals surface area contributed by atoms with E-state index in [1.165, 1.54) is 16.7 Å². The summed E-state index contributed by atoms with van der Waals surface area (Å²) >= 11 is 0. The Bertz CT molecular complexity index is 599. The van der Waals surface area contributed by atoms with Gasteiger partial charge in [-0.25, -0.2) is 0 Å². The van der Waals surface area contributed by atoms with Crippen LogP contribution < -0.4 is 0 Å². The quantitative estimate of drug-likeness (QED) is 0.839. The molecular weight excluding hydrogens is 316 g/mol. The third-order valence-corrected chi connectivity index (χ3v) is 5.32. The zero-order valence-electron chi connectivity index (χ0n) is 15.7. The highest BCUT2D eigenvalue weighted by atomic mass is 16.5. The Balaban J connectivity index is 1.59. The van der Waals surface area contributed by atoms with Crippen LogP contribution in [0.2, 0.25) is 0 Å². The van der Waals surface area contributed by atoms with Gasteiger partial charge in [-0.15, -0.1) is 0 Å². The van der Waals surface area contributed by atoms with Crippen LogP contribution in [-0.2, 0) is 14.3 Å². The zero-order valence-corrected chi connectivity index (χ0v) is 15.7. The van der Waals surface area contributed by atoms with Crippen LogP contribution >= 0.6 is 0 Å². The van der Waals surface area contributed by atoms with Gasteiger partial charge in [0.25, 0.3) is 0 Å². The van der Waals surface area contributed by atoms with Crippen molar-refractivity contribution in [1.82, 2.24) is 9.80 Å². The number of benzene rings is 1.